The number of hydrogen-bond acceptors (Lipinski definition) is 8. The van der Waals surface area contributed by atoms with Gasteiger partial charge < -0.3 is 29.9 Å². The molecule has 4 N–H and O–H groups in total. The summed E-state index contributed by atoms with van der Waals surface area (Å²) in [5.74, 6) is 2.51. The molecule has 0 saturated carbocycles. The number of benzene rings is 1. The van der Waals surface area contributed by atoms with Gasteiger partial charge in [0, 0.05) is 54.9 Å². The first-order chi connectivity index (χ1) is 16.0. The molecule has 1 fully saturated rings. The Bertz CT molecular complexity index is 1280. The first-order valence-electron chi connectivity index (χ1n) is 10.7. The SMILES string of the molecule is Cc1cc2c(Cl)c(Oc3cc(Nc4cc(CO)[nH]n4)nc(N4CCN(C)CC4)n3)ccc2[nH]1. The van der Waals surface area contributed by atoms with E-state index in [1.54, 1.807) is 12.1 Å². The number of aromatic amines is 2. The van der Waals surface area contributed by atoms with Gasteiger partial charge in [0.25, 0.3) is 0 Å². The number of aromatic nitrogens is 5. The van der Waals surface area contributed by atoms with E-state index in [9.17, 15) is 5.11 Å². The van der Waals surface area contributed by atoms with Crippen LogP contribution in [0.1, 0.15) is 11.4 Å². The molecule has 0 aliphatic carbocycles. The number of likely N-dealkylation sites (N-methyl/N-ethyl adjacent to an activating group) is 1. The van der Waals surface area contributed by atoms with Crippen LogP contribution in [0.15, 0.2) is 30.3 Å². The van der Waals surface area contributed by atoms with Crippen molar-refractivity contribution in [2.75, 3.05) is 43.4 Å². The van der Waals surface area contributed by atoms with Gasteiger partial charge in [-0.25, -0.2) is 0 Å². The average Bonchev–Trinajstić information content (AvgIpc) is 3.42. The van der Waals surface area contributed by atoms with Gasteiger partial charge in [0.15, 0.2) is 5.82 Å². The van der Waals surface area contributed by atoms with Crippen molar-refractivity contribution in [3.8, 4) is 11.6 Å². The summed E-state index contributed by atoms with van der Waals surface area (Å²) >= 11 is 6.64. The maximum atomic E-state index is 9.29. The zero-order valence-corrected chi connectivity index (χ0v) is 19.1. The summed E-state index contributed by atoms with van der Waals surface area (Å²) in [5.41, 5.74) is 2.58. The number of aliphatic hydroxyl groups is 1. The first-order valence-corrected chi connectivity index (χ1v) is 11.1. The molecule has 4 aromatic rings. The van der Waals surface area contributed by atoms with E-state index in [4.69, 9.17) is 16.3 Å². The van der Waals surface area contributed by atoms with Crippen molar-refractivity contribution >= 4 is 40.1 Å². The van der Waals surface area contributed by atoms with Crippen LogP contribution in [-0.4, -0.2) is 68.4 Å². The average molecular weight is 469 g/mol. The van der Waals surface area contributed by atoms with E-state index in [-0.39, 0.29) is 6.61 Å². The first kappa shape index (κ1) is 21.5. The van der Waals surface area contributed by atoms with Crippen molar-refractivity contribution in [2.24, 2.45) is 0 Å². The molecule has 1 aliphatic heterocycles. The summed E-state index contributed by atoms with van der Waals surface area (Å²) < 4.78 is 6.14. The normalized spacial score (nSPS) is 14.7. The predicted octanol–water partition coefficient (Wildman–Crippen LogP) is 3.42. The smallest absolute Gasteiger partial charge is 0.230 e. The van der Waals surface area contributed by atoms with Gasteiger partial charge in [-0.1, -0.05) is 11.6 Å². The second-order valence-electron chi connectivity index (χ2n) is 8.14. The third kappa shape index (κ3) is 4.58. The third-order valence-corrected chi connectivity index (χ3v) is 5.98. The number of halogens is 1. The number of hydrogen-bond donors (Lipinski definition) is 4. The fraction of sp³-hybridized carbons (Fsp3) is 0.318. The van der Waals surface area contributed by atoms with Crippen molar-refractivity contribution in [1.29, 1.82) is 0 Å². The van der Waals surface area contributed by atoms with Crippen molar-refractivity contribution < 1.29 is 9.84 Å². The minimum Gasteiger partial charge on any atom is -0.437 e. The molecule has 10 nitrogen and oxygen atoms in total. The minimum atomic E-state index is -0.126. The second kappa shape index (κ2) is 8.89. The van der Waals surface area contributed by atoms with E-state index in [2.05, 4.69) is 47.3 Å². The van der Waals surface area contributed by atoms with Crippen LogP contribution >= 0.6 is 11.6 Å². The van der Waals surface area contributed by atoms with Gasteiger partial charge in [0.2, 0.25) is 11.8 Å². The van der Waals surface area contributed by atoms with Crippen LogP contribution in [0.2, 0.25) is 5.02 Å². The van der Waals surface area contributed by atoms with E-state index in [0.717, 1.165) is 42.8 Å². The van der Waals surface area contributed by atoms with Crippen LogP contribution in [0.5, 0.6) is 11.6 Å². The van der Waals surface area contributed by atoms with Crippen LogP contribution < -0.4 is 15.0 Å². The number of fused-ring (bicyclic) bond motifs is 1. The highest BCUT2D eigenvalue weighted by Gasteiger charge is 2.19. The highest BCUT2D eigenvalue weighted by molar-refractivity contribution is 6.37. The predicted molar refractivity (Wildman–Crippen MR) is 128 cm³/mol. The molecule has 0 spiro atoms. The van der Waals surface area contributed by atoms with E-state index < -0.39 is 0 Å². The lowest BCUT2D eigenvalue weighted by Gasteiger charge is -2.32. The van der Waals surface area contributed by atoms with Crippen LogP contribution in [0.4, 0.5) is 17.6 Å². The maximum Gasteiger partial charge on any atom is 0.230 e. The summed E-state index contributed by atoms with van der Waals surface area (Å²) in [7, 11) is 2.10. The lowest BCUT2D eigenvalue weighted by atomic mass is 10.2. The van der Waals surface area contributed by atoms with Gasteiger partial charge in [-0.2, -0.15) is 15.1 Å². The van der Waals surface area contributed by atoms with Crippen molar-refractivity contribution in [2.45, 2.75) is 13.5 Å². The third-order valence-electron chi connectivity index (χ3n) is 5.59. The quantitative estimate of drug-likeness (QED) is 0.340. The number of nitrogens with zero attached hydrogens (tertiary/aromatic N) is 5. The van der Waals surface area contributed by atoms with E-state index in [1.165, 1.54) is 0 Å². The second-order valence-corrected chi connectivity index (χ2v) is 8.51. The van der Waals surface area contributed by atoms with Gasteiger partial charge in [-0.05, 0) is 32.2 Å². The van der Waals surface area contributed by atoms with Gasteiger partial charge in [-0.15, -0.1) is 0 Å². The monoisotopic (exact) mass is 468 g/mol. The molecule has 1 aliphatic rings. The number of nitrogens with one attached hydrogen (secondary N) is 3. The topological polar surface area (TPSA) is 118 Å². The lowest BCUT2D eigenvalue weighted by Crippen LogP contribution is -2.45. The lowest BCUT2D eigenvalue weighted by molar-refractivity contribution is 0.276. The number of aliphatic hydroxyl groups excluding tert-OH is 1. The Balaban J connectivity index is 1.48. The Hall–Kier alpha value is -3.34. The van der Waals surface area contributed by atoms with Gasteiger partial charge in [-0.3, -0.25) is 5.10 Å². The molecule has 1 aromatic carbocycles. The largest absolute Gasteiger partial charge is 0.437 e. The molecule has 4 heterocycles. The fourth-order valence-electron chi connectivity index (χ4n) is 3.79. The molecular weight excluding hydrogens is 444 g/mol. The molecule has 0 unspecified atom stereocenters. The van der Waals surface area contributed by atoms with Crippen LogP contribution in [0.3, 0.4) is 0 Å². The molecule has 11 heteroatoms. The summed E-state index contributed by atoms with van der Waals surface area (Å²) in [5, 5.41) is 20.8. The van der Waals surface area contributed by atoms with E-state index in [1.807, 2.05) is 25.1 Å². The summed E-state index contributed by atoms with van der Waals surface area (Å²) in [4.78, 5) is 17.0. The Morgan fingerprint density at radius 1 is 1.12 bits per heavy atom. The summed E-state index contributed by atoms with van der Waals surface area (Å²) in [6, 6.07) is 9.18. The molecule has 0 radical (unpaired) electrons. The molecule has 0 atom stereocenters. The Morgan fingerprint density at radius 2 is 1.94 bits per heavy atom. The van der Waals surface area contributed by atoms with Crippen molar-refractivity contribution in [1.82, 2.24) is 30.0 Å². The van der Waals surface area contributed by atoms with Crippen LogP contribution in [-0.2, 0) is 6.61 Å². The molecule has 172 valence electrons. The standard InChI is InChI=1S/C22H25ClN8O2/c1-13-9-15-16(24-13)3-4-17(21(15)23)33-20-11-18(25-19-10-14(12-32)28-29-19)26-22(27-20)31-7-5-30(2)6-8-31/h3-4,9-11,24,32H,5-8,12H2,1-2H3,(H2,25,26,27,28,29). The molecular formula is C22H25ClN8O2. The van der Waals surface area contributed by atoms with Crippen molar-refractivity contribution in [3.63, 3.8) is 0 Å². The number of rotatable bonds is 6. The fourth-order valence-corrected chi connectivity index (χ4v) is 4.05. The Morgan fingerprint density at radius 3 is 2.70 bits per heavy atom. The molecule has 3 aromatic heterocycles. The summed E-state index contributed by atoms with van der Waals surface area (Å²) in [6.07, 6.45) is 0. The molecule has 0 amide bonds. The molecule has 1 saturated heterocycles. The van der Waals surface area contributed by atoms with Crippen molar-refractivity contribution in [3.05, 3.63) is 46.7 Å². The minimum absolute atomic E-state index is 0.126. The van der Waals surface area contributed by atoms with Gasteiger partial charge in [0.1, 0.15) is 11.6 Å². The van der Waals surface area contributed by atoms with Crippen LogP contribution in [0, 0.1) is 6.92 Å². The zero-order valence-electron chi connectivity index (χ0n) is 18.4. The zero-order chi connectivity index (χ0) is 22.9. The highest BCUT2D eigenvalue weighted by Crippen LogP contribution is 2.36. The number of anilines is 3. The Labute approximate surface area is 195 Å². The van der Waals surface area contributed by atoms with E-state index in [0.29, 0.717) is 39.9 Å². The number of piperazine rings is 1. The van der Waals surface area contributed by atoms with Crippen LogP contribution in [0.25, 0.3) is 10.9 Å². The van der Waals surface area contributed by atoms with E-state index >= 15 is 0 Å². The van der Waals surface area contributed by atoms with Gasteiger partial charge in [0.05, 0.1) is 17.3 Å². The maximum absolute atomic E-state index is 9.29. The number of ether oxygens (including phenoxy) is 1. The molecule has 0 bridgehead atoms. The summed E-state index contributed by atoms with van der Waals surface area (Å²) in [6.45, 7) is 5.33. The van der Waals surface area contributed by atoms with Gasteiger partial charge >= 0.3 is 0 Å². The number of H-pyrrole nitrogens is 2. The number of aryl methyl sites for hydroxylation is 1. The Kier molecular flexibility index (Phi) is 5.79. The highest BCUT2D eigenvalue weighted by atomic mass is 35.5. The molecule has 33 heavy (non-hydrogen) atoms. The molecule has 5 rings (SSSR count).